The zero-order valence-corrected chi connectivity index (χ0v) is 12.2. The Balaban J connectivity index is 1.63. The molecule has 0 heterocycles. The minimum Gasteiger partial charge on any atom is -0.324 e. The summed E-state index contributed by atoms with van der Waals surface area (Å²) in [5.41, 5.74) is 3.18. The van der Waals surface area contributed by atoms with Crippen molar-refractivity contribution in [1.82, 2.24) is 4.72 Å². The van der Waals surface area contributed by atoms with Crippen molar-refractivity contribution in [3.8, 4) is 0 Å². The van der Waals surface area contributed by atoms with Crippen LogP contribution in [-0.2, 0) is 10.0 Å². The Morgan fingerprint density at radius 2 is 1.90 bits per heavy atom. The second kappa shape index (κ2) is 5.35. The molecule has 3 unspecified atom stereocenters. The van der Waals surface area contributed by atoms with Gasteiger partial charge < -0.3 is 5.43 Å². The predicted molar refractivity (Wildman–Crippen MR) is 78.4 cm³/mol. The van der Waals surface area contributed by atoms with Crippen molar-refractivity contribution >= 4 is 15.7 Å². The number of rotatable bonds is 5. The Labute approximate surface area is 120 Å². The van der Waals surface area contributed by atoms with E-state index in [1.54, 1.807) is 24.3 Å². The molecule has 0 saturated heterocycles. The van der Waals surface area contributed by atoms with Crippen LogP contribution in [0.15, 0.2) is 29.2 Å². The van der Waals surface area contributed by atoms with Crippen LogP contribution in [0, 0.1) is 17.8 Å². The summed E-state index contributed by atoms with van der Waals surface area (Å²) in [4.78, 5) is 0.291. The maximum absolute atomic E-state index is 12.2. The summed E-state index contributed by atoms with van der Waals surface area (Å²) >= 11 is 0. The quantitative estimate of drug-likeness (QED) is 0.570. The lowest BCUT2D eigenvalue weighted by atomic mass is 9.89. The molecule has 0 spiro atoms. The zero-order valence-electron chi connectivity index (χ0n) is 11.4. The number of hydrogen-bond donors (Lipinski definition) is 3. The molecule has 2 bridgehead atoms. The number of hydrogen-bond acceptors (Lipinski definition) is 4. The van der Waals surface area contributed by atoms with Crippen molar-refractivity contribution in [1.29, 1.82) is 0 Å². The van der Waals surface area contributed by atoms with Gasteiger partial charge in [0.1, 0.15) is 0 Å². The monoisotopic (exact) mass is 295 g/mol. The summed E-state index contributed by atoms with van der Waals surface area (Å²) in [7, 11) is -3.41. The molecular weight excluding hydrogens is 274 g/mol. The second-order valence-corrected chi connectivity index (χ2v) is 7.72. The summed E-state index contributed by atoms with van der Waals surface area (Å²) in [6.45, 7) is 0.570. The highest BCUT2D eigenvalue weighted by Crippen LogP contribution is 2.48. The van der Waals surface area contributed by atoms with E-state index in [1.165, 1.54) is 25.7 Å². The topological polar surface area (TPSA) is 84.2 Å². The number of benzene rings is 1. The van der Waals surface area contributed by atoms with Gasteiger partial charge >= 0.3 is 0 Å². The van der Waals surface area contributed by atoms with E-state index in [9.17, 15) is 8.42 Å². The van der Waals surface area contributed by atoms with Crippen molar-refractivity contribution in [2.24, 2.45) is 23.6 Å². The average Bonchev–Trinajstić information content (AvgIpc) is 3.08. The fraction of sp³-hybridized carbons (Fsp3) is 0.571. The smallest absolute Gasteiger partial charge is 0.240 e. The number of nitrogen functional groups attached to an aromatic ring is 1. The molecule has 110 valence electrons. The fourth-order valence-corrected chi connectivity index (χ4v) is 4.75. The number of nitrogens with two attached hydrogens (primary N) is 1. The zero-order chi connectivity index (χ0) is 14.2. The maximum atomic E-state index is 12.2. The minimum absolute atomic E-state index is 0.291. The molecule has 0 aromatic heterocycles. The molecule has 0 aliphatic heterocycles. The third-order valence-electron chi connectivity index (χ3n) is 4.75. The van der Waals surface area contributed by atoms with E-state index < -0.39 is 10.0 Å². The highest BCUT2D eigenvalue weighted by atomic mass is 32.2. The number of hydrazine groups is 1. The Morgan fingerprint density at radius 3 is 2.45 bits per heavy atom. The Morgan fingerprint density at radius 1 is 1.15 bits per heavy atom. The molecule has 20 heavy (non-hydrogen) atoms. The normalized spacial score (nSPS) is 28.8. The first-order chi connectivity index (χ1) is 9.58. The molecule has 4 N–H and O–H groups in total. The van der Waals surface area contributed by atoms with E-state index in [4.69, 9.17) is 5.84 Å². The van der Waals surface area contributed by atoms with E-state index in [2.05, 4.69) is 10.1 Å². The lowest BCUT2D eigenvalue weighted by Gasteiger charge is -2.21. The highest BCUT2D eigenvalue weighted by Gasteiger charge is 2.39. The average molecular weight is 295 g/mol. The molecule has 6 heteroatoms. The summed E-state index contributed by atoms with van der Waals surface area (Å²) < 4.78 is 27.2. The Bertz CT molecular complexity index is 571. The molecule has 3 atom stereocenters. The van der Waals surface area contributed by atoms with Crippen LogP contribution in [0.5, 0.6) is 0 Å². The first-order valence-electron chi connectivity index (χ1n) is 7.15. The van der Waals surface area contributed by atoms with Gasteiger partial charge in [-0.15, -0.1) is 0 Å². The number of fused-ring (bicyclic) bond motifs is 2. The summed E-state index contributed by atoms with van der Waals surface area (Å²) in [5.74, 6) is 7.36. The van der Waals surface area contributed by atoms with Gasteiger partial charge in [-0.1, -0.05) is 6.42 Å². The van der Waals surface area contributed by atoms with Gasteiger partial charge in [0.25, 0.3) is 0 Å². The molecule has 3 rings (SSSR count). The van der Waals surface area contributed by atoms with Gasteiger partial charge in [-0.05, 0) is 61.3 Å². The van der Waals surface area contributed by atoms with E-state index >= 15 is 0 Å². The highest BCUT2D eigenvalue weighted by molar-refractivity contribution is 7.89. The number of anilines is 1. The van der Waals surface area contributed by atoms with Gasteiger partial charge in [-0.3, -0.25) is 5.84 Å². The van der Waals surface area contributed by atoms with Gasteiger partial charge in [-0.2, -0.15) is 0 Å². The first kappa shape index (κ1) is 13.9. The third kappa shape index (κ3) is 2.68. The van der Waals surface area contributed by atoms with Crippen molar-refractivity contribution in [3.63, 3.8) is 0 Å². The largest absolute Gasteiger partial charge is 0.324 e. The van der Waals surface area contributed by atoms with Crippen molar-refractivity contribution in [2.45, 2.75) is 30.6 Å². The van der Waals surface area contributed by atoms with Gasteiger partial charge in [-0.25, -0.2) is 13.1 Å². The second-order valence-electron chi connectivity index (χ2n) is 5.96. The Hall–Kier alpha value is -1.11. The molecule has 2 saturated carbocycles. The SMILES string of the molecule is NNc1ccc(S(=O)(=O)NCC2CC3CCC2C3)cc1. The lowest BCUT2D eigenvalue weighted by Crippen LogP contribution is -2.31. The molecule has 5 nitrogen and oxygen atoms in total. The van der Waals surface area contributed by atoms with Crippen LogP contribution < -0.4 is 16.0 Å². The molecule has 2 aliphatic carbocycles. The number of nitrogens with one attached hydrogen (secondary N) is 2. The molecule has 1 aromatic rings. The fourth-order valence-electron chi connectivity index (χ4n) is 3.66. The molecular formula is C14H21N3O2S. The summed E-state index contributed by atoms with van der Waals surface area (Å²) in [6, 6.07) is 6.45. The lowest BCUT2D eigenvalue weighted by molar-refractivity contribution is 0.333. The van der Waals surface area contributed by atoms with Crippen molar-refractivity contribution in [3.05, 3.63) is 24.3 Å². The summed E-state index contributed by atoms with van der Waals surface area (Å²) in [6.07, 6.45) is 5.09. The van der Waals surface area contributed by atoms with Gasteiger partial charge in [0.2, 0.25) is 10.0 Å². The van der Waals surface area contributed by atoms with Gasteiger partial charge in [0, 0.05) is 12.2 Å². The van der Waals surface area contributed by atoms with Crippen LogP contribution in [0.3, 0.4) is 0 Å². The minimum atomic E-state index is -3.41. The Kier molecular flexibility index (Phi) is 3.70. The van der Waals surface area contributed by atoms with Crippen LogP contribution in [0.2, 0.25) is 0 Å². The van der Waals surface area contributed by atoms with Crippen LogP contribution in [-0.4, -0.2) is 15.0 Å². The molecule has 2 aliphatic rings. The van der Waals surface area contributed by atoms with Gasteiger partial charge in [0.05, 0.1) is 4.90 Å². The maximum Gasteiger partial charge on any atom is 0.240 e. The van der Waals surface area contributed by atoms with E-state index in [1.807, 2.05) is 0 Å². The molecule has 1 aromatic carbocycles. The first-order valence-corrected chi connectivity index (χ1v) is 8.63. The predicted octanol–water partition coefficient (Wildman–Crippen LogP) is 1.69. The van der Waals surface area contributed by atoms with E-state index in [-0.39, 0.29) is 0 Å². The van der Waals surface area contributed by atoms with Crippen LogP contribution in [0.1, 0.15) is 25.7 Å². The van der Waals surface area contributed by atoms with E-state index in [0.29, 0.717) is 23.0 Å². The van der Waals surface area contributed by atoms with Crippen LogP contribution in [0.25, 0.3) is 0 Å². The summed E-state index contributed by atoms with van der Waals surface area (Å²) in [5, 5.41) is 0. The van der Waals surface area contributed by atoms with E-state index in [0.717, 1.165) is 11.8 Å². The third-order valence-corrected chi connectivity index (χ3v) is 6.19. The van der Waals surface area contributed by atoms with Crippen molar-refractivity contribution in [2.75, 3.05) is 12.0 Å². The molecule has 0 radical (unpaired) electrons. The van der Waals surface area contributed by atoms with Gasteiger partial charge in [0.15, 0.2) is 0 Å². The molecule has 0 amide bonds. The standard InChI is InChI=1S/C14H21N3O2S/c15-17-13-3-5-14(6-4-13)20(18,19)16-9-12-8-10-1-2-11(12)7-10/h3-6,10-12,16-17H,1-2,7-9,15H2. The van der Waals surface area contributed by atoms with Crippen molar-refractivity contribution < 1.29 is 8.42 Å². The molecule has 2 fully saturated rings. The van der Waals surface area contributed by atoms with Crippen LogP contribution in [0.4, 0.5) is 5.69 Å². The van der Waals surface area contributed by atoms with Crippen LogP contribution >= 0.6 is 0 Å². The number of sulfonamides is 1.